The van der Waals surface area contributed by atoms with Crippen LogP contribution in [0.3, 0.4) is 0 Å². The first kappa shape index (κ1) is 13.5. The molecule has 0 bridgehead atoms. The summed E-state index contributed by atoms with van der Waals surface area (Å²) < 4.78 is 0. The van der Waals surface area contributed by atoms with Crippen molar-refractivity contribution >= 4 is 0 Å². The van der Waals surface area contributed by atoms with Gasteiger partial charge in [-0.05, 0) is 44.7 Å². The molecule has 0 amide bonds. The van der Waals surface area contributed by atoms with Crippen LogP contribution in [-0.2, 0) is 0 Å². The molecule has 1 rings (SSSR count). The van der Waals surface area contributed by atoms with Crippen LogP contribution in [0.5, 0.6) is 0 Å². The van der Waals surface area contributed by atoms with Gasteiger partial charge in [0.05, 0.1) is 12.5 Å². The van der Waals surface area contributed by atoms with Crippen molar-refractivity contribution in [2.24, 2.45) is 5.92 Å². The van der Waals surface area contributed by atoms with Gasteiger partial charge in [-0.3, -0.25) is 4.90 Å². The van der Waals surface area contributed by atoms with Crippen LogP contribution in [0, 0.1) is 17.2 Å². The number of nitriles is 1. The van der Waals surface area contributed by atoms with Gasteiger partial charge in [0.2, 0.25) is 0 Å². The number of rotatable bonds is 5. The minimum absolute atomic E-state index is 0.505. The van der Waals surface area contributed by atoms with E-state index in [0.29, 0.717) is 12.5 Å². The lowest BCUT2D eigenvalue weighted by Gasteiger charge is -2.28. The van der Waals surface area contributed by atoms with Crippen LogP contribution in [0.4, 0.5) is 0 Å². The van der Waals surface area contributed by atoms with Gasteiger partial charge in [-0.25, -0.2) is 0 Å². The summed E-state index contributed by atoms with van der Waals surface area (Å²) >= 11 is 0. The van der Waals surface area contributed by atoms with Crippen molar-refractivity contribution in [3.63, 3.8) is 0 Å². The number of likely N-dealkylation sites (tertiary alicyclic amines) is 1. The molecule has 1 aliphatic rings. The SMILES string of the molecule is CCCC1CCCN(C(CC)CC#N)CC1. The third-order valence-electron chi connectivity index (χ3n) is 3.89. The van der Waals surface area contributed by atoms with Gasteiger partial charge in [-0.2, -0.15) is 5.26 Å². The van der Waals surface area contributed by atoms with E-state index in [9.17, 15) is 0 Å². The third kappa shape index (κ3) is 4.14. The average molecular weight is 222 g/mol. The van der Waals surface area contributed by atoms with Crippen molar-refractivity contribution in [2.75, 3.05) is 13.1 Å². The Morgan fingerprint density at radius 2 is 2.12 bits per heavy atom. The highest BCUT2D eigenvalue weighted by atomic mass is 15.1. The monoisotopic (exact) mass is 222 g/mol. The summed E-state index contributed by atoms with van der Waals surface area (Å²) in [6.45, 7) is 6.91. The number of nitrogens with zero attached hydrogens (tertiary/aromatic N) is 2. The van der Waals surface area contributed by atoms with Gasteiger partial charge < -0.3 is 0 Å². The first-order chi connectivity index (χ1) is 7.81. The Hall–Kier alpha value is -0.550. The Morgan fingerprint density at radius 3 is 2.75 bits per heavy atom. The highest BCUT2D eigenvalue weighted by Crippen LogP contribution is 2.24. The Bertz CT molecular complexity index is 219. The second-order valence-electron chi connectivity index (χ2n) is 5.05. The van der Waals surface area contributed by atoms with Gasteiger partial charge in [0, 0.05) is 6.04 Å². The molecule has 2 heteroatoms. The van der Waals surface area contributed by atoms with Crippen LogP contribution < -0.4 is 0 Å². The van der Waals surface area contributed by atoms with Crippen molar-refractivity contribution < 1.29 is 0 Å². The van der Waals surface area contributed by atoms with E-state index in [1.54, 1.807) is 0 Å². The molecule has 0 aromatic rings. The van der Waals surface area contributed by atoms with Crippen LogP contribution in [0.25, 0.3) is 0 Å². The van der Waals surface area contributed by atoms with Gasteiger partial charge in [0.1, 0.15) is 0 Å². The van der Waals surface area contributed by atoms with E-state index in [0.717, 1.165) is 12.3 Å². The maximum absolute atomic E-state index is 8.83. The third-order valence-corrected chi connectivity index (χ3v) is 3.89. The fourth-order valence-electron chi connectivity index (χ4n) is 2.89. The van der Waals surface area contributed by atoms with Crippen LogP contribution in [0.1, 0.15) is 58.8 Å². The molecule has 1 fully saturated rings. The lowest BCUT2D eigenvalue weighted by atomic mass is 9.96. The van der Waals surface area contributed by atoms with E-state index in [1.807, 2.05) is 0 Å². The maximum Gasteiger partial charge on any atom is 0.0638 e. The first-order valence-electron chi connectivity index (χ1n) is 6.92. The highest BCUT2D eigenvalue weighted by Gasteiger charge is 2.21. The minimum atomic E-state index is 0.505. The van der Waals surface area contributed by atoms with Crippen LogP contribution in [-0.4, -0.2) is 24.0 Å². The molecule has 0 aromatic heterocycles. The van der Waals surface area contributed by atoms with E-state index in [-0.39, 0.29) is 0 Å². The van der Waals surface area contributed by atoms with Crippen molar-refractivity contribution in [1.29, 1.82) is 5.26 Å². The zero-order valence-electron chi connectivity index (χ0n) is 10.9. The molecule has 1 aliphatic heterocycles. The predicted molar refractivity (Wildman–Crippen MR) is 68.1 cm³/mol. The Kier molecular flexibility index (Phi) is 6.49. The molecule has 1 heterocycles. The molecule has 0 spiro atoms. The second-order valence-corrected chi connectivity index (χ2v) is 5.05. The Labute approximate surface area is 101 Å². The molecule has 1 saturated heterocycles. The Balaban J connectivity index is 2.42. The van der Waals surface area contributed by atoms with Crippen LogP contribution in [0.2, 0.25) is 0 Å². The average Bonchev–Trinajstić information content (AvgIpc) is 2.52. The lowest BCUT2D eigenvalue weighted by molar-refractivity contribution is 0.197. The van der Waals surface area contributed by atoms with Gasteiger partial charge in [-0.1, -0.05) is 26.7 Å². The molecule has 0 N–H and O–H groups in total. The van der Waals surface area contributed by atoms with Gasteiger partial charge in [-0.15, -0.1) is 0 Å². The van der Waals surface area contributed by atoms with Gasteiger partial charge >= 0.3 is 0 Å². The molecule has 0 radical (unpaired) electrons. The van der Waals surface area contributed by atoms with Gasteiger partial charge in [0.15, 0.2) is 0 Å². The molecular formula is C14H26N2. The summed E-state index contributed by atoms with van der Waals surface area (Å²) in [6, 6.07) is 2.84. The first-order valence-corrected chi connectivity index (χ1v) is 6.92. The van der Waals surface area contributed by atoms with Crippen LogP contribution in [0.15, 0.2) is 0 Å². The fourth-order valence-corrected chi connectivity index (χ4v) is 2.89. The molecule has 16 heavy (non-hydrogen) atoms. The zero-order chi connectivity index (χ0) is 11.8. The number of hydrogen-bond acceptors (Lipinski definition) is 2. The smallest absolute Gasteiger partial charge is 0.0638 e. The quantitative estimate of drug-likeness (QED) is 0.711. The minimum Gasteiger partial charge on any atom is -0.299 e. The summed E-state index contributed by atoms with van der Waals surface area (Å²) in [5.41, 5.74) is 0. The normalized spacial score (nSPS) is 24.7. The van der Waals surface area contributed by atoms with Crippen molar-refractivity contribution in [1.82, 2.24) is 4.90 Å². The molecule has 0 aromatic carbocycles. The van der Waals surface area contributed by atoms with Crippen molar-refractivity contribution in [3.8, 4) is 6.07 Å². The standard InChI is InChI=1S/C14H26N2/c1-3-6-13-7-5-11-16(12-9-13)14(4-2)8-10-15/h13-14H,3-9,11-12H2,1-2H3. The molecule has 2 nitrogen and oxygen atoms in total. The highest BCUT2D eigenvalue weighted by molar-refractivity contribution is 4.83. The van der Waals surface area contributed by atoms with Crippen LogP contribution >= 0.6 is 0 Å². The van der Waals surface area contributed by atoms with Gasteiger partial charge in [0.25, 0.3) is 0 Å². The molecule has 0 aliphatic carbocycles. The molecule has 2 atom stereocenters. The second kappa shape index (κ2) is 7.68. The van der Waals surface area contributed by atoms with E-state index < -0.39 is 0 Å². The number of hydrogen-bond donors (Lipinski definition) is 0. The summed E-state index contributed by atoms with van der Waals surface area (Å²) in [5, 5.41) is 8.83. The topological polar surface area (TPSA) is 27.0 Å². The summed E-state index contributed by atoms with van der Waals surface area (Å²) in [7, 11) is 0. The lowest BCUT2D eigenvalue weighted by Crippen LogP contribution is -2.35. The van der Waals surface area contributed by atoms with E-state index in [1.165, 1.54) is 45.2 Å². The van der Waals surface area contributed by atoms with E-state index in [2.05, 4.69) is 24.8 Å². The molecule has 2 unspecified atom stereocenters. The summed E-state index contributed by atoms with van der Waals surface area (Å²) in [5.74, 6) is 0.939. The van der Waals surface area contributed by atoms with Crippen molar-refractivity contribution in [3.05, 3.63) is 0 Å². The Morgan fingerprint density at radius 1 is 1.31 bits per heavy atom. The summed E-state index contributed by atoms with van der Waals surface area (Å²) in [4.78, 5) is 2.55. The fraction of sp³-hybridized carbons (Fsp3) is 0.929. The van der Waals surface area contributed by atoms with E-state index in [4.69, 9.17) is 5.26 Å². The maximum atomic E-state index is 8.83. The zero-order valence-corrected chi connectivity index (χ0v) is 10.9. The molecule has 92 valence electrons. The molecular weight excluding hydrogens is 196 g/mol. The largest absolute Gasteiger partial charge is 0.299 e. The predicted octanol–water partition coefficient (Wildman–Crippen LogP) is 3.58. The van der Waals surface area contributed by atoms with Crippen molar-refractivity contribution in [2.45, 2.75) is 64.8 Å². The van der Waals surface area contributed by atoms with E-state index >= 15 is 0 Å². The molecule has 0 saturated carbocycles. The summed E-state index contributed by atoms with van der Waals surface area (Å²) in [6.07, 6.45) is 8.60.